The summed E-state index contributed by atoms with van der Waals surface area (Å²) in [7, 11) is 2.14. The molecule has 0 fully saturated rings. The second-order valence-electron chi connectivity index (χ2n) is 4.85. The fraction of sp³-hybridized carbons (Fsp3) is 0.615. The van der Waals surface area contributed by atoms with Crippen LogP contribution in [0, 0.1) is 5.92 Å². The molecule has 0 aromatic carbocycles. The number of halogens is 1. The van der Waals surface area contributed by atoms with Crippen LogP contribution in [0.3, 0.4) is 0 Å². The molecule has 0 aliphatic rings. The molecular formula is C13H22BrN3. The Morgan fingerprint density at radius 1 is 1.41 bits per heavy atom. The number of nitrogens with one attached hydrogen (secondary N) is 1. The predicted molar refractivity (Wildman–Crippen MR) is 76.0 cm³/mol. The Bertz CT molecular complexity index is 328. The average molecular weight is 300 g/mol. The summed E-state index contributed by atoms with van der Waals surface area (Å²) >= 11 is 3.44. The first kappa shape index (κ1) is 14.6. The van der Waals surface area contributed by atoms with Gasteiger partial charge in [-0.25, -0.2) is 0 Å². The van der Waals surface area contributed by atoms with E-state index in [1.165, 1.54) is 5.56 Å². The molecule has 1 heterocycles. The Labute approximate surface area is 113 Å². The SMILES string of the molecule is CC(C)CNCCN(C)Cc1cncc(Br)c1. The standard InChI is InChI=1S/C13H22BrN3/c1-11(2)7-15-4-5-17(3)10-12-6-13(14)9-16-8-12/h6,8-9,11,15H,4-5,7,10H2,1-3H3. The third kappa shape index (κ3) is 6.76. The monoisotopic (exact) mass is 299 g/mol. The lowest BCUT2D eigenvalue weighted by Gasteiger charge is -2.17. The molecule has 0 aliphatic carbocycles. The van der Waals surface area contributed by atoms with Crippen LogP contribution in [-0.4, -0.2) is 36.6 Å². The third-order valence-corrected chi connectivity index (χ3v) is 2.87. The number of likely N-dealkylation sites (N-methyl/N-ethyl adjacent to an activating group) is 1. The van der Waals surface area contributed by atoms with Gasteiger partial charge in [0.1, 0.15) is 0 Å². The van der Waals surface area contributed by atoms with E-state index in [0.29, 0.717) is 0 Å². The molecular weight excluding hydrogens is 278 g/mol. The van der Waals surface area contributed by atoms with E-state index in [1.54, 1.807) is 0 Å². The minimum Gasteiger partial charge on any atom is -0.315 e. The maximum absolute atomic E-state index is 4.17. The van der Waals surface area contributed by atoms with Gasteiger partial charge < -0.3 is 10.2 Å². The average Bonchev–Trinajstić information content (AvgIpc) is 2.24. The van der Waals surface area contributed by atoms with Gasteiger partial charge in [-0.05, 0) is 47.1 Å². The first-order chi connectivity index (χ1) is 8.08. The minimum atomic E-state index is 0.717. The summed E-state index contributed by atoms with van der Waals surface area (Å²) in [5.41, 5.74) is 1.24. The van der Waals surface area contributed by atoms with Crippen molar-refractivity contribution in [2.75, 3.05) is 26.7 Å². The van der Waals surface area contributed by atoms with Crippen LogP contribution in [0.1, 0.15) is 19.4 Å². The summed E-state index contributed by atoms with van der Waals surface area (Å²) in [5, 5.41) is 3.45. The van der Waals surface area contributed by atoms with E-state index in [9.17, 15) is 0 Å². The highest BCUT2D eigenvalue weighted by molar-refractivity contribution is 9.10. The molecule has 0 amide bonds. The van der Waals surface area contributed by atoms with Crippen LogP contribution in [-0.2, 0) is 6.54 Å². The molecule has 17 heavy (non-hydrogen) atoms. The Morgan fingerprint density at radius 2 is 2.18 bits per heavy atom. The summed E-state index contributed by atoms with van der Waals surface area (Å²) in [5.74, 6) is 0.717. The highest BCUT2D eigenvalue weighted by Gasteiger charge is 2.01. The van der Waals surface area contributed by atoms with Crippen LogP contribution in [0.15, 0.2) is 22.9 Å². The smallest absolute Gasteiger partial charge is 0.0410 e. The molecule has 3 nitrogen and oxygen atoms in total. The first-order valence-electron chi connectivity index (χ1n) is 6.06. The van der Waals surface area contributed by atoms with Gasteiger partial charge in [-0.15, -0.1) is 0 Å². The van der Waals surface area contributed by atoms with E-state index < -0.39 is 0 Å². The maximum Gasteiger partial charge on any atom is 0.0410 e. The Kier molecular flexibility index (Phi) is 6.70. The molecule has 96 valence electrons. The van der Waals surface area contributed by atoms with Crippen LogP contribution < -0.4 is 5.32 Å². The van der Waals surface area contributed by atoms with E-state index in [2.05, 4.69) is 58.1 Å². The molecule has 0 spiro atoms. The molecule has 0 radical (unpaired) electrons. The summed E-state index contributed by atoms with van der Waals surface area (Å²) < 4.78 is 1.04. The van der Waals surface area contributed by atoms with E-state index in [1.807, 2.05) is 12.4 Å². The summed E-state index contributed by atoms with van der Waals surface area (Å²) in [4.78, 5) is 6.47. The van der Waals surface area contributed by atoms with Crippen molar-refractivity contribution in [2.45, 2.75) is 20.4 Å². The van der Waals surface area contributed by atoms with Crippen LogP contribution in [0.5, 0.6) is 0 Å². The molecule has 0 saturated carbocycles. The molecule has 0 atom stereocenters. The summed E-state index contributed by atoms with van der Waals surface area (Å²) in [6, 6.07) is 2.12. The zero-order valence-corrected chi connectivity index (χ0v) is 12.5. The fourth-order valence-electron chi connectivity index (χ4n) is 1.59. The number of aromatic nitrogens is 1. The third-order valence-electron chi connectivity index (χ3n) is 2.44. The van der Waals surface area contributed by atoms with Crippen molar-refractivity contribution in [3.63, 3.8) is 0 Å². The number of nitrogens with zero attached hydrogens (tertiary/aromatic N) is 2. The molecule has 1 N–H and O–H groups in total. The molecule has 1 rings (SSSR count). The zero-order valence-electron chi connectivity index (χ0n) is 10.9. The lowest BCUT2D eigenvalue weighted by atomic mass is 10.2. The minimum absolute atomic E-state index is 0.717. The predicted octanol–water partition coefficient (Wildman–Crippen LogP) is 2.52. The molecule has 0 aliphatic heterocycles. The Hall–Kier alpha value is -0.450. The van der Waals surface area contributed by atoms with Crippen LogP contribution in [0.25, 0.3) is 0 Å². The Morgan fingerprint density at radius 3 is 2.82 bits per heavy atom. The topological polar surface area (TPSA) is 28.2 Å². The van der Waals surface area contributed by atoms with Gasteiger partial charge in [0.25, 0.3) is 0 Å². The second kappa shape index (κ2) is 7.80. The van der Waals surface area contributed by atoms with Gasteiger partial charge in [-0.3, -0.25) is 4.98 Å². The quantitative estimate of drug-likeness (QED) is 0.784. The van der Waals surface area contributed by atoms with Crippen molar-refractivity contribution in [3.05, 3.63) is 28.5 Å². The lowest BCUT2D eigenvalue weighted by molar-refractivity contribution is 0.321. The highest BCUT2D eigenvalue weighted by atomic mass is 79.9. The number of hydrogen-bond acceptors (Lipinski definition) is 3. The van der Waals surface area contributed by atoms with Gasteiger partial charge in [-0.2, -0.15) is 0 Å². The van der Waals surface area contributed by atoms with E-state index >= 15 is 0 Å². The highest BCUT2D eigenvalue weighted by Crippen LogP contribution is 2.10. The van der Waals surface area contributed by atoms with Crippen molar-refractivity contribution >= 4 is 15.9 Å². The van der Waals surface area contributed by atoms with Crippen LogP contribution in [0.4, 0.5) is 0 Å². The molecule has 1 aromatic heterocycles. The van der Waals surface area contributed by atoms with Gasteiger partial charge in [0, 0.05) is 36.5 Å². The molecule has 0 unspecified atom stereocenters. The molecule has 4 heteroatoms. The maximum atomic E-state index is 4.17. The van der Waals surface area contributed by atoms with Crippen LogP contribution in [0.2, 0.25) is 0 Å². The van der Waals surface area contributed by atoms with E-state index in [-0.39, 0.29) is 0 Å². The second-order valence-corrected chi connectivity index (χ2v) is 5.76. The molecule has 1 aromatic rings. The summed E-state index contributed by atoms with van der Waals surface area (Å²) in [6.07, 6.45) is 3.73. The molecule has 0 bridgehead atoms. The van der Waals surface area contributed by atoms with Gasteiger partial charge >= 0.3 is 0 Å². The number of hydrogen-bond donors (Lipinski definition) is 1. The zero-order chi connectivity index (χ0) is 12.7. The van der Waals surface area contributed by atoms with Crippen molar-refractivity contribution in [3.8, 4) is 0 Å². The van der Waals surface area contributed by atoms with Crippen molar-refractivity contribution in [1.82, 2.24) is 15.2 Å². The Balaban J connectivity index is 2.23. The van der Waals surface area contributed by atoms with Crippen molar-refractivity contribution in [1.29, 1.82) is 0 Å². The van der Waals surface area contributed by atoms with Crippen molar-refractivity contribution in [2.24, 2.45) is 5.92 Å². The van der Waals surface area contributed by atoms with Gasteiger partial charge in [0.05, 0.1) is 0 Å². The lowest BCUT2D eigenvalue weighted by Crippen LogP contribution is -2.30. The normalized spacial score (nSPS) is 11.4. The molecule has 0 saturated heterocycles. The van der Waals surface area contributed by atoms with Crippen LogP contribution >= 0.6 is 15.9 Å². The largest absolute Gasteiger partial charge is 0.315 e. The fourth-order valence-corrected chi connectivity index (χ4v) is 2.01. The van der Waals surface area contributed by atoms with E-state index in [4.69, 9.17) is 0 Å². The van der Waals surface area contributed by atoms with Gasteiger partial charge in [0.15, 0.2) is 0 Å². The van der Waals surface area contributed by atoms with Gasteiger partial charge in [0.2, 0.25) is 0 Å². The number of rotatable bonds is 7. The van der Waals surface area contributed by atoms with Crippen molar-refractivity contribution < 1.29 is 0 Å². The first-order valence-corrected chi connectivity index (χ1v) is 6.86. The van der Waals surface area contributed by atoms with E-state index in [0.717, 1.165) is 36.6 Å². The van der Waals surface area contributed by atoms with Gasteiger partial charge in [-0.1, -0.05) is 13.8 Å². The summed E-state index contributed by atoms with van der Waals surface area (Å²) in [6.45, 7) is 8.57. The number of pyridine rings is 1.